The molecule has 0 spiro atoms. The second-order valence-electron chi connectivity index (χ2n) is 4.18. The van der Waals surface area contributed by atoms with Crippen molar-refractivity contribution in [1.82, 2.24) is 9.97 Å². The van der Waals surface area contributed by atoms with Crippen LogP contribution in [0.1, 0.15) is 38.4 Å². The van der Waals surface area contributed by atoms with E-state index in [0.29, 0.717) is 0 Å². The molecule has 1 N–H and O–H groups in total. The van der Waals surface area contributed by atoms with Crippen LogP contribution < -0.4 is 5.32 Å². The normalized spacial score (nSPS) is 10.6. The molecule has 0 fully saturated rings. The molecule has 1 aromatic heterocycles. The molecule has 0 atom stereocenters. The largest absolute Gasteiger partial charge is 0.370 e. The fourth-order valence-electron chi connectivity index (χ4n) is 1.65. The molecule has 5 heteroatoms. The number of anilines is 1. The van der Waals surface area contributed by atoms with Crippen molar-refractivity contribution in [2.45, 2.75) is 39.0 Å². The van der Waals surface area contributed by atoms with Gasteiger partial charge >= 0.3 is 0 Å². The second-order valence-corrected chi connectivity index (χ2v) is 5.98. The third kappa shape index (κ3) is 6.59. The van der Waals surface area contributed by atoms with Crippen LogP contribution in [0.25, 0.3) is 0 Å². The van der Waals surface area contributed by atoms with E-state index in [-0.39, 0.29) is 0 Å². The smallest absolute Gasteiger partial charge is 0.131 e. The lowest BCUT2D eigenvalue weighted by Gasteiger charge is -2.07. The summed E-state index contributed by atoms with van der Waals surface area (Å²) in [7, 11) is 0. The van der Waals surface area contributed by atoms with E-state index in [9.17, 15) is 0 Å². The van der Waals surface area contributed by atoms with Gasteiger partial charge in [-0.1, -0.05) is 19.8 Å². The van der Waals surface area contributed by atoms with Gasteiger partial charge in [0.05, 0.1) is 0 Å². The van der Waals surface area contributed by atoms with Crippen LogP contribution in [0.2, 0.25) is 0 Å². The lowest BCUT2D eigenvalue weighted by molar-refractivity contribution is 0.688. The Morgan fingerprint density at radius 1 is 1.22 bits per heavy atom. The Balaban J connectivity index is 2.20. The molecule has 1 aromatic rings. The molecule has 0 amide bonds. The van der Waals surface area contributed by atoms with E-state index in [4.69, 9.17) is 0 Å². The summed E-state index contributed by atoms with van der Waals surface area (Å²) in [6.45, 7) is 3.06. The lowest BCUT2D eigenvalue weighted by atomic mass is 10.2. The Labute approximate surface area is 123 Å². The highest BCUT2D eigenvalue weighted by Crippen LogP contribution is 2.13. The van der Waals surface area contributed by atoms with Crippen LogP contribution in [0.5, 0.6) is 0 Å². The van der Waals surface area contributed by atoms with Gasteiger partial charge in [-0.25, -0.2) is 9.97 Å². The first-order chi connectivity index (χ1) is 8.76. The van der Waals surface area contributed by atoms with Crippen molar-refractivity contribution in [1.29, 1.82) is 0 Å². The lowest BCUT2D eigenvalue weighted by Crippen LogP contribution is -2.06. The highest BCUT2D eigenvalue weighted by Gasteiger charge is 2.00. The molecule has 0 aliphatic heterocycles. The van der Waals surface area contributed by atoms with Crippen LogP contribution in [0.4, 0.5) is 5.82 Å². The molecular formula is C13H22BrN3S. The first-order valence-corrected chi connectivity index (χ1v) is 8.71. The fourth-order valence-corrected chi connectivity index (χ4v) is 2.57. The Morgan fingerprint density at radius 3 is 2.72 bits per heavy atom. The van der Waals surface area contributed by atoms with Gasteiger partial charge in [-0.3, -0.25) is 0 Å². The van der Waals surface area contributed by atoms with Crippen molar-refractivity contribution in [3.63, 3.8) is 0 Å². The maximum absolute atomic E-state index is 4.44. The van der Waals surface area contributed by atoms with Crippen LogP contribution >= 0.6 is 27.7 Å². The zero-order chi connectivity index (χ0) is 13.2. The molecule has 0 saturated heterocycles. The third-order valence-electron chi connectivity index (χ3n) is 2.64. The molecule has 0 unspecified atom stereocenters. The monoisotopic (exact) mass is 331 g/mol. The average molecular weight is 332 g/mol. The summed E-state index contributed by atoms with van der Waals surface area (Å²) in [6.07, 6.45) is 8.19. The molecular weight excluding hydrogens is 310 g/mol. The highest BCUT2D eigenvalue weighted by atomic mass is 79.9. The van der Waals surface area contributed by atoms with Gasteiger partial charge in [-0.05, 0) is 40.8 Å². The molecule has 0 aliphatic rings. The molecule has 1 heterocycles. The van der Waals surface area contributed by atoms with Crippen LogP contribution in [0.3, 0.4) is 0 Å². The minimum absolute atomic E-state index is 0.858. The number of rotatable bonds is 9. The number of unbranched alkanes of at least 4 members (excludes halogenated alkanes) is 3. The Bertz CT molecular complexity index is 347. The summed E-state index contributed by atoms with van der Waals surface area (Å²) in [4.78, 5) is 8.74. The summed E-state index contributed by atoms with van der Waals surface area (Å²) in [5, 5.41) is 3.36. The van der Waals surface area contributed by atoms with Gasteiger partial charge in [0.15, 0.2) is 0 Å². The maximum atomic E-state index is 4.44. The summed E-state index contributed by atoms with van der Waals surface area (Å²) >= 11 is 5.34. The first kappa shape index (κ1) is 15.8. The Morgan fingerprint density at radius 2 is 2.00 bits per heavy atom. The van der Waals surface area contributed by atoms with Gasteiger partial charge in [0, 0.05) is 19.0 Å². The van der Waals surface area contributed by atoms with Crippen LogP contribution in [-0.4, -0.2) is 28.5 Å². The molecule has 102 valence electrons. The van der Waals surface area contributed by atoms with Crippen molar-refractivity contribution in [2.24, 2.45) is 0 Å². The van der Waals surface area contributed by atoms with Crippen LogP contribution in [-0.2, 0) is 6.42 Å². The SMILES string of the molecule is CCc1nc(Br)cc(NCCCCCCSC)n1. The average Bonchev–Trinajstić information content (AvgIpc) is 2.37. The number of hydrogen-bond donors (Lipinski definition) is 1. The number of nitrogens with zero attached hydrogens (tertiary/aromatic N) is 2. The highest BCUT2D eigenvalue weighted by molar-refractivity contribution is 9.10. The summed E-state index contributed by atoms with van der Waals surface area (Å²) in [6, 6.07) is 1.94. The van der Waals surface area contributed by atoms with E-state index < -0.39 is 0 Å². The first-order valence-electron chi connectivity index (χ1n) is 6.52. The zero-order valence-electron chi connectivity index (χ0n) is 11.2. The Kier molecular flexibility index (Phi) is 8.42. The van der Waals surface area contributed by atoms with Gasteiger partial charge in [0.1, 0.15) is 16.2 Å². The molecule has 0 bridgehead atoms. The number of aromatic nitrogens is 2. The number of halogens is 1. The molecule has 0 aromatic carbocycles. The molecule has 0 radical (unpaired) electrons. The minimum Gasteiger partial charge on any atom is -0.370 e. The molecule has 0 aliphatic carbocycles. The standard InChI is InChI=1S/C13H22BrN3S/c1-3-12-16-11(14)10-13(17-12)15-8-6-4-5-7-9-18-2/h10H,3-9H2,1-2H3,(H,15,16,17). The summed E-state index contributed by atoms with van der Waals surface area (Å²) in [5.41, 5.74) is 0. The van der Waals surface area contributed by atoms with E-state index in [2.05, 4.69) is 44.4 Å². The molecule has 0 saturated carbocycles. The van der Waals surface area contributed by atoms with Gasteiger partial charge in [0.2, 0.25) is 0 Å². The van der Waals surface area contributed by atoms with Crippen LogP contribution in [0, 0.1) is 0 Å². The minimum atomic E-state index is 0.858. The fraction of sp³-hybridized carbons (Fsp3) is 0.692. The van der Waals surface area contributed by atoms with Gasteiger partial charge in [0.25, 0.3) is 0 Å². The summed E-state index contributed by atoms with van der Waals surface area (Å²) < 4.78 is 0.858. The van der Waals surface area contributed by atoms with Gasteiger partial charge < -0.3 is 5.32 Å². The predicted molar refractivity (Wildman–Crippen MR) is 84.4 cm³/mol. The quantitative estimate of drug-likeness (QED) is 0.545. The van der Waals surface area contributed by atoms with Crippen LogP contribution in [0.15, 0.2) is 10.7 Å². The van der Waals surface area contributed by atoms with Crippen molar-refractivity contribution < 1.29 is 0 Å². The van der Waals surface area contributed by atoms with E-state index in [1.165, 1.54) is 31.4 Å². The van der Waals surface area contributed by atoms with E-state index in [0.717, 1.165) is 29.2 Å². The third-order valence-corrected chi connectivity index (χ3v) is 3.74. The number of thioether (sulfide) groups is 1. The predicted octanol–water partition coefficient (Wildman–Crippen LogP) is 4.14. The van der Waals surface area contributed by atoms with Crippen molar-refractivity contribution >= 4 is 33.5 Å². The zero-order valence-corrected chi connectivity index (χ0v) is 13.6. The number of hydrogen-bond acceptors (Lipinski definition) is 4. The van der Waals surface area contributed by atoms with Crippen molar-refractivity contribution in [2.75, 3.05) is 23.9 Å². The number of nitrogens with one attached hydrogen (secondary N) is 1. The molecule has 1 rings (SSSR count). The van der Waals surface area contributed by atoms with E-state index >= 15 is 0 Å². The second kappa shape index (κ2) is 9.62. The Hall–Kier alpha value is -0.290. The van der Waals surface area contributed by atoms with Gasteiger partial charge in [-0.15, -0.1) is 0 Å². The number of aryl methyl sites for hydroxylation is 1. The molecule has 18 heavy (non-hydrogen) atoms. The molecule has 3 nitrogen and oxygen atoms in total. The van der Waals surface area contributed by atoms with Gasteiger partial charge in [-0.2, -0.15) is 11.8 Å². The van der Waals surface area contributed by atoms with E-state index in [1.807, 2.05) is 17.8 Å². The van der Waals surface area contributed by atoms with E-state index in [1.54, 1.807) is 0 Å². The summed E-state index contributed by atoms with van der Waals surface area (Å²) in [5.74, 6) is 3.09. The van der Waals surface area contributed by atoms with Crippen molar-refractivity contribution in [3.8, 4) is 0 Å². The maximum Gasteiger partial charge on any atom is 0.131 e. The topological polar surface area (TPSA) is 37.8 Å². The van der Waals surface area contributed by atoms with Crippen molar-refractivity contribution in [3.05, 3.63) is 16.5 Å².